The molecule has 0 amide bonds. The van der Waals surface area contributed by atoms with E-state index in [2.05, 4.69) is 15.3 Å². The van der Waals surface area contributed by atoms with Crippen molar-refractivity contribution in [2.45, 2.75) is 25.9 Å². The fraction of sp³-hybridized carbons (Fsp3) is 0.600. The van der Waals surface area contributed by atoms with Crippen LogP contribution in [-0.2, 0) is 0 Å². The lowest BCUT2D eigenvalue weighted by Crippen LogP contribution is -2.33. The van der Waals surface area contributed by atoms with Crippen molar-refractivity contribution in [3.05, 3.63) is 11.8 Å². The van der Waals surface area contributed by atoms with Crippen LogP contribution in [0, 0.1) is 12.8 Å². The fourth-order valence-electron chi connectivity index (χ4n) is 1.80. The van der Waals surface area contributed by atoms with Gasteiger partial charge in [-0.1, -0.05) is 0 Å². The summed E-state index contributed by atoms with van der Waals surface area (Å²) in [5.41, 5.74) is 6.39. The lowest BCUT2D eigenvalue weighted by Gasteiger charge is -2.31. The first kappa shape index (κ1) is 10.2. The normalized spacial score (nSPS) is 24.7. The molecule has 15 heavy (non-hydrogen) atoms. The quantitative estimate of drug-likeness (QED) is 0.675. The summed E-state index contributed by atoms with van der Waals surface area (Å²) >= 11 is 0. The molecular weight excluding hydrogens is 192 g/mol. The van der Waals surface area contributed by atoms with Crippen LogP contribution in [0.2, 0.25) is 0 Å². The maximum Gasteiger partial charge on any atom is 0.222 e. The van der Waals surface area contributed by atoms with Crippen molar-refractivity contribution in [3.8, 4) is 0 Å². The Kier molecular flexibility index (Phi) is 2.73. The summed E-state index contributed by atoms with van der Waals surface area (Å²) < 4.78 is 0. The van der Waals surface area contributed by atoms with E-state index < -0.39 is 0 Å². The van der Waals surface area contributed by atoms with Crippen LogP contribution < -0.4 is 11.1 Å². The molecule has 1 saturated carbocycles. The molecule has 0 saturated heterocycles. The molecule has 5 nitrogen and oxygen atoms in total. The van der Waals surface area contributed by atoms with E-state index in [-0.39, 0.29) is 6.10 Å². The van der Waals surface area contributed by atoms with Crippen LogP contribution in [0.15, 0.2) is 6.07 Å². The highest BCUT2D eigenvalue weighted by Crippen LogP contribution is 2.27. The van der Waals surface area contributed by atoms with Crippen molar-refractivity contribution >= 4 is 11.8 Å². The highest BCUT2D eigenvalue weighted by molar-refractivity contribution is 5.40. The van der Waals surface area contributed by atoms with Crippen LogP contribution in [0.1, 0.15) is 18.5 Å². The number of nitrogens with zero attached hydrogens (tertiary/aromatic N) is 2. The first-order valence-electron chi connectivity index (χ1n) is 5.16. The Morgan fingerprint density at radius 3 is 2.87 bits per heavy atom. The van der Waals surface area contributed by atoms with Gasteiger partial charge in [-0.2, -0.15) is 4.98 Å². The summed E-state index contributed by atoms with van der Waals surface area (Å²) in [7, 11) is 0. The summed E-state index contributed by atoms with van der Waals surface area (Å²) in [5, 5.41) is 12.3. The third-order valence-corrected chi connectivity index (χ3v) is 2.65. The largest absolute Gasteiger partial charge is 0.393 e. The molecule has 82 valence electrons. The molecule has 4 N–H and O–H groups in total. The smallest absolute Gasteiger partial charge is 0.222 e. The third kappa shape index (κ3) is 2.56. The van der Waals surface area contributed by atoms with Gasteiger partial charge >= 0.3 is 0 Å². The van der Waals surface area contributed by atoms with Gasteiger partial charge in [-0.3, -0.25) is 0 Å². The Hall–Kier alpha value is -1.36. The van der Waals surface area contributed by atoms with Gasteiger partial charge in [0.1, 0.15) is 5.82 Å². The van der Waals surface area contributed by atoms with E-state index in [0.29, 0.717) is 11.9 Å². The van der Waals surface area contributed by atoms with E-state index in [1.165, 1.54) is 0 Å². The molecule has 1 aromatic heterocycles. The summed E-state index contributed by atoms with van der Waals surface area (Å²) in [6.07, 6.45) is 1.66. The molecular formula is C10H16N4O. The van der Waals surface area contributed by atoms with Gasteiger partial charge in [0, 0.05) is 18.3 Å². The van der Waals surface area contributed by atoms with E-state index in [1.807, 2.05) is 13.0 Å². The van der Waals surface area contributed by atoms with Crippen LogP contribution in [0.5, 0.6) is 0 Å². The molecule has 1 fully saturated rings. The average molecular weight is 208 g/mol. The van der Waals surface area contributed by atoms with Gasteiger partial charge in [-0.25, -0.2) is 4.98 Å². The minimum atomic E-state index is -0.103. The molecule has 1 heterocycles. The van der Waals surface area contributed by atoms with Crippen molar-refractivity contribution in [2.24, 2.45) is 5.92 Å². The molecule has 0 aromatic carbocycles. The molecule has 5 heteroatoms. The summed E-state index contributed by atoms with van der Waals surface area (Å²) in [6.45, 7) is 2.73. The van der Waals surface area contributed by atoms with Gasteiger partial charge in [0.15, 0.2) is 0 Å². The molecule has 0 spiro atoms. The van der Waals surface area contributed by atoms with Crippen molar-refractivity contribution in [3.63, 3.8) is 0 Å². The third-order valence-electron chi connectivity index (χ3n) is 2.65. The number of rotatable bonds is 3. The average Bonchev–Trinajstić information content (AvgIpc) is 2.09. The number of nitrogens with two attached hydrogens (primary N) is 1. The maximum absolute atomic E-state index is 9.13. The Labute approximate surface area is 88.7 Å². The molecule has 0 bridgehead atoms. The number of hydrogen-bond acceptors (Lipinski definition) is 5. The van der Waals surface area contributed by atoms with Crippen LogP contribution in [-0.4, -0.2) is 27.7 Å². The lowest BCUT2D eigenvalue weighted by molar-refractivity contribution is 0.0486. The Morgan fingerprint density at radius 1 is 1.53 bits per heavy atom. The van der Waals surface area contributed by atoms with E-state index in [0.717, 1.165) is 30.9 Å². The van der Waals surface area contributed by atoms with E-state index in [4.69, 9.17) is 10.8 Å². The number of aromatic nitrogens is 2. The van der Waals surface area contributed by atoms with E-state index in [9.17, 15) is 0 Å². The minimum Gasteiger partial charge on any atom is -0.393 e. The van der Waals surface area contributed by atoms with Crippen LogP contribution in [0.4, 0.5) is 11.8 Å². The van der Waals surface area contributed by atoms with E-state index in [1.54, 1.807) is 0 Å². The molecule has 1 aliphatic rings. The van der Waals surface area contributed by atoms with Crippen molar-refractivity contribution in [2.75, 3.05) is 17.6 Å². The number of aryl methyl sites for hydroxylation is 1. The first-order chi connectivity index (χ1) is 7.13. The molecule has 1 aliphatic carbocycles. The van der Waals surface area contributed by atoms with Gasteiger partial charge in [0.25, 0.3) is 0 Å². The van der Waals surface area contributed by atoms with Gasteiger partial charge in [0.05, 0.1) is 6.10 Å². The second kappa shape index (κ2) is 4.02. The van der Waals surface area contributed by atoms with Crippen LogP contribution in [0.25, 0.3) is 0 Å². The van der Waals surface area contributed by atoms with Gasteiger partial charge in [-0.05, 0) is 25.7 Å². The lowest BCUT2D eigenvalue weighted by atomic mass is 9.82. The zero-order valence-corrected chi connectivity index (χ0v) is 8.77. The second-order valence-electron chi connectivity index (χ2n) is 4.12. The predicted molar refractivity (Wildman–Crippen MR) is 58.4 cm³/mol. The van der Waals surface area contributed by atoms with Crippen molar-refractivity contribution in [1.29, 1.82) is 0 Å². The number of aliphatic hydroxyl groups excluding tert-OH is 1. The fourth-order valence-corrected chi connectivity index (χ4v) is 1.80. The molecule has 0 unspecified atom stereocenters. The summed E-state index contributed by atoms with van der Waals surface area (Å²) in [6, 6.07) is 1.87. The van der Waals surface area contributed by atoms with Gasteiger partial charge in [0.2, 0.25) is 5.95 Å². The monoisotopic (exact) mass is 208 g/mol. The summed E-state index contributed by atoms with van der Waals surface area (Å²) in [5.74, 6) is 1.61. The number of nitrogens with one attached hydrogen (secondary N) is 1. The van der Waals surface area contributed by atoms with Crippen LogP contribution in [0.3, 0.4) is 0 Å². The topological polar surface area (TPSA) is 84.1 Å². The number of anilines is 2. The second-order valence-corrected chi connectivity index (χ2v) is 4.12. The zero-order chi connectivity index (χ0) is 10.8. The number of hydrogen-bond donors (Lipinski definition) is 3. The Balaban J connectivity index is 1.88. The highest BCUT2D eigenvalue weighted by atomic mass is 16.3. The standard InChI is InChI=1S/C10H16N4O/c1-6-2-9(14-10(11)13-6)12-5-7-3-8(15)4-7/h2,7-8,15H,3-5H2,1H3,(H3,11,12,13,14). The maximum atomic E-state index is 9.13. The molecule has 2 rings (SSSR count). The van der Waals surface area contributed by atoms with Gasteiger partial charge in [-0.15, -0.1) is 0 Å². The van der Waals surface area contributed by atoms with Crippen molar-refractivity contribution < 1.29 is 5.11 Å². The Morgan fingerprint density at radius 2 is 2.27 bits per heavy atom. The number of aliphatic hydroxyl groups is 1. The van der Waals surface area contributed by atoms with E-state index >= 15 is 0 Å². The van der Waals surface area contributed by atoms with Gasteiger partial charge < -0.3 is 16.2 Å². The molecule has 0 radical (unpaired) electrons. The highest BCUT2D eigenvalue weighted by Gasteiger charge is 2.26. The molecule has 0 aliphatic heterocycles. The summed E-state index contributed by atoms with van der Waals surface area (Å²) in [4.78, 5) is 8.07. The number of nitrogen functional groups attached to an aromatic ring is 1. The van der Waals surface area contributed by atoms with Crippen LogP contribution >= 0.6 is 0 Å². The molecule has 0 atom stereocenters. The first-order valence-corrected chi connectivity index (χ1v) is 5.16. The van der Waals surface area contributed by atoms with Crippen molar-refractivity contribution in [1.82, 2.24) is 9.97 Å². The SMILES string of the molecule is Cc1cc(NCC2CC(O)C2)nc(N)n1. The molecule has 1 aromatic rings. The predicted octanol–water partition coefficient (Wildman–Crippen LogP) is 0.550. The minimum absolute atomic E-state index is 0.103. The zero-order valence-electron chi connectivity index (χ0n) is 8.77. The Bertz CT molecular complexity index is 329.